The molecule has 0 aromatic heterocycles. The predicted molar refractivity (Wildman–Crippen MR) is 97.4 cm³/mol. The van der Waals surface area contributed by atoms with Gasteiger partial charge in [0, 0.05) is 24.6 Å². The van der Waals surface area contributed by atoms with Crippen molar-refractivity contribution in [3.63, 3.8) is 0 Å². The van der Waals surface area contributed by atoms with Crippen LogP contribution >= 0.6 is 35.7 Å². The van der Waals surface area contributed by atoms with Crippen LogP contribution < -0.4 is 10.5 Å². The van der Waals surface area contributed by atoms with Crippen LogP contribution in [-0.4, -0.2) is 42.6 Å². The van der Waals surface area contributed by atoms with Gasteiger partial charge in [-0.3, -0.25) is 0 Å². The number of nitrogens with two attached hydrogens (primary N) is 1. The highest BCUT2D eigenvalue weighted by atomic mass is 127. The fourth-order valence-electron chi connectivity index (χ4n) is 2.10. The minimum atomic E-state index is 0. The van der Waals surface area contributed by atoms with Crippen molar-refractivity contribution in [3.05, 3.63) is 29.3 Å². The number of benzene rings is 1. The molecule has 1 fully saturated rings. The monoisotopic (exact) mass is 407 g/mol. The van der Waals surface area contributed by atoms with E-state index < -0.39 is 0 Å². The zero-order valence-corrected chi connectivity index (χ0v) is 15.1. The maximum absolute atomic E-state index is 6.03. The fraction of sp³-hybridized carbons (Fsp3) is 0.500. The smallest absolute Gasteiger partial charge is 0.191 e. The third-order valence-electron chi connectivity index (χ3n) is 3.22. The van der Waals surface area contributed by atoms with Gasteiger partial charge in [0.1, 0.15) is 5.75 Å². The lowest BCUT2D eigenvalue weighted by Crippen LogP contribution is -2.42. The van der Waals surface area contributed by atoms with Gasteiger partial charge >= 0.3 is 0 Å². The predicted octanol–water partition coefficient (Wildman–Crippen LogP) is 2.49. The Bertz CT molecular complexity index is 462. The molecule has 0 unspecified atom stereocenters. The Morgan fingerprint density at radius 3 is 2.70 bits per heavy atom. The van der Waals surface area contributed by atoms with Crippen LogP contribution in [0.1, 0.15) is 11.1 Å². The summed E-state index contributed by atoms with van der Waals surface area (Å²) in [7, 11) is 1.69. The summed E-state index contributed by atoms with van der Waals surface area (Å²) in [5.41, 5.74) is 8.32. The molecule has 20 heavy (non-hydrogen) atoms. The summed E-state index contributed by atoms with van der Waals surface area (Å²) in [5.74, 6) is 3.85. The number of aryl methyl sites for hydroxylation is 1. The molecule has 1 saturated heterocycles. The SMILES string of the molecule is COc1ccc(CN=C(N)N2CCSCC2)cc1C.I. The first-order valence-corrected chi connectivity index (χ1v) is 7.62. The van der Waals surface area contributed by atoms with Crippen LogP contribution in [0.5, 0.6) is 5.75 Å². The van der Waals surface area contributed by atoms with Gasteiger partial charge in [0.05, 0.1) is 13.7 Å². The molecule has 0 bridgehead atoms. The molecule has 1 aliphatic rings. The maximum Gasteiger partial charge on any atom is 0.191 e. The summed E-state index contributed by atoms with van der Waals surface area (Å²) >= 11 is 1.97. The van der Waals surface area contributed by atoms with Crippen LogP contribution in [0.15, 0.2) is 23.2 Å². The lowest BCUT2D eigenvalue weighted by molar-refractivity contribution is 0.411. The first-order chi connectivity index (χ1) is 9.20. The van der Waals surface area contributed by atoms with Gasteiger partial charge < -0.3 is 15.4 Å². The van der Waals surface area contributed by atoms with Gasteiger partial charge in [-0.2, -0.15) is 11.8 Å². The van der Waals surface area contributed by atoms with E-state index >= 15 is 0 Å². The van der Waals surface area contributed by atoms with Gasteiger partial charge in [0.2, 0.25) is 0 Å². The van der Waals surface area contributed by atoms with Crippen molar-refractivity contribution in [2.24, 2.45) is 10.7 Å². The Hall–Kier alpha value is -0.630. The number of rotatable bonds is 3. The number of hydrogen-bond donors (Lipinski definition) is 1. The largest absolute Gasteiger partial charge is 0.496 e. The van der Waals surface area contributed by atoms with Crippen molar-refractivity contribution < 1.29 is 4.74 Å². The normalized spacial score (nSPS) is 15.7. The van der Waals surface area contributed by atoms with E-state index in [2.05, 4.69) is 16.0 Å². The zero-order chi connectivity index (χ0) is 13.7. The molecule has 0 radical (unpaired) electrons. The van der Waals surface area contributed by atoms with Crippen LogP contribution in [0.3, 0.4) is 0 Å². The molecule has 0 atom stereocenters. The summed E-state index contributed by atoms with van der Waals surface area (Å²) in [6, 6.07) is 6.12. The number of methoxy groups -OCH3 is 1. The molecule has 1 aliphatic heterocycles. The van der Waals surface area contributed by atoms with Crippen molar-refractivity contribution in [2.75, 3.05) is 31.7 Å². The number of thioether (sulfide) groups is 1. The Labute approximate surface area is 142 Å². The molecule has 0 spiro atoms. The average molecular weight is 407 g/mol. The number of nitrogens with zero attached hydrogens (tertiary/aromatic N) is 2. The second-order valence-electron chi connectivity index (χ2n) is 4.58. The highest BCUT2D eigenvalue weighted by molar-refractivity contribution is 14.0. The van der Waals surface area contributed by atoms with E-state index in [-0.39, 0.29) is 24.0 Å². The Morgan fingerprint density at radius 2 is 2.10 bits per heavy atom. The summed E-state index contributed by atoms with van der Waals surface area (Å²) < 4.78 is 5.25. The highest BCUT2D eigenvalue weighted by Gasteiger charge is 2.11. The second-order valence-corrected chi connectivity index (χ2v) is 5.80. The molecule has 2 N–H and O–H groups in total. The van der Waals surface area contributed by atoms with Crippen molar-refractivity contribution >= 4 is 41.7 Å². The van der Waals surface area contributed by atoms with E-state index in [1.165, 1.54) is 0 Å². The third-order valence-corrected chi connectivity index (χ3v) is 4.16. The van der Waals surface area contributed by atoms with E-state index in [4.69, 9.17) is 10.5 Å². The highest BCUT2D eigenvalue weighted by Crippen LogP contribution is 2.19. The summed E-state index contributed by atoms with van der Waals surface area (Å²) in [4.78, 5) is 6.64. The average Bonchev–Trinajstić information content (AvgIpc) is 2.46. The van der Waals surface area contributed by atoms with Crippen LogP contribution in [0, 0.1) is 6.92 Å². The van der Waals surface area contributed by atoms with Crippen LogP contribution in [-0.2, 0) is 6.54 Å². The Morgan fingerprint density at radius 1 is 1.40 bits per heavy atom. The molecule has 0 aliphatic carbocycles. The van der Waals surface area contributed by atoms with Crippen LogP contribution in [0.25, 0.3) is 0 Å². The van der Waals surface area contributed by atoms with Gasteiger partial charge in [-0.05, 0) is 24.1 Å². The molecular formula is C14H22IN3OS. The first-order valence-electron chi connectivity index (χ1n) is 6.47. The molecule has 0 amide bonds. The number of halogens is 1. The third kappa shape index (κ3) is 4.73. The summed E-state index contributed by atoms with van der Waals surface area (Å²) in [6.45, 7) is 4.67. The van der Waals surface area contributed by atoms with Crippen molar-refractivity contribution in [3.8, 4) is 5.75 Å². The topological polar surface area (TPSA) is 50.9 Å². The fourth-order valence-corrected chi connectivity index (χ4v) is 3.01. The molecule has 0 saturated carbocycles. The first kappa shape index (κ1) is 17.4. The minimum absolute atomic E-state index is 0. The molecule has 6 heteroatoms. The lowest BCUT2D eigenvalue weighted by Gasteiger charge is -2.27. The van der Waals surface area contributed by atoms with Gasteiger partial charge in [0.25, 0.3) is 0 Å². The molecule has 112 valence electrons. The van der Waals surface area contributed by atoms with Crippen LogP contribution in [0.2, 0.25) is 0 Å². The Balaban J connectivity index is 0.00000200. The molecule has 4 nitrogen and oxygen atoms in total. The van der Waals surface area contributed by atoms with E-state index in [0.717, 1.165) is 41.5 Å². The van der Waals surface area contributed by atoms with Crippen molar-refractivity contribution in [1.82, 2.24) is 4.90 Å². The maximum atomic E-state index is 6.03. The molecule has 1 heterocycles. The number of hydrogen-bond acceptors (Lipinski definition) is 3. The van der Waals surface area contributed by atoms with E-state index in [1.54, 1.807) is 7.11 Å². The van der Waals surface area contributed by atoms with E-state index in [1.807, 2.05) is 30.8 Å². The molecule has 2 rings (SSSR count). The Kier molecular flexibility index (Phi) is 7.50. The van der Waals surface area contributed by atoms with E-state index in [0.29, 0.717) is 12.5 Å². The van der Waals surface area contributed by atoms with Gasteiger partial charge in [-0.1, -0.05) is 12.1 Å². The van der Waals surface area contributed by atoms with Crippen LogP contribution in [0.4, 0.5) is 0 Å². The molecule has 1 aromatic carbocycles. The summed E-state index contributed by atoms with van der Waals surface area (Å²) in [5, 5.41) is 0. The minimum Gasteiger partial charge on any atom is -0.496 e. The van der Waals surface area contributed by atoms with Gasteiger partial charge in [-0.15, -0.1) is 24.0 Å². The standard InChI is InChI=1S/C14H21N3OS.HI/c1-11-9-12(3-4-13(11)18-2)10-16-14(15)17-5-7-19-8-6-17;/h3-4,9H,5-8,10H2,1-2H3,(H2,15,16);1H. The number of guanidine groups is 1. The van der Waals surface area contributed by atoms with Crippen molar-refractivity contribution in [1.29, 1.82) is 0 Å². The quantitative estimate of drug-likeness (QED) is 0.475. The van der Waals surface area contributed by atoms with Gasteiger partial charge in [-0.25, -0.2) is 4.99 Å². The lowest BCUT2D eigenvalue weighted by atomic mass is 10.1. The second kappa shape index (κ2) is 8.61. The number of aliphatic imine (C=N–C) groups is 1. The van der Waals surface area contributed by atoms with E-state index in [9.17, 15) is 0 Å². The molecule has 1 aromatic rings. The molecular weight excluding hydrogens is 385 g/mol. The van der Waals surface area contributed by atoms with Crippen molar-refractivity contribution in [2.45, 2.75) is 13.5 Å². The number of ether oxygens (including phenoxy) is 1. The summed E-state index contributed by atoms with van der Waals surface area (Å²) in [6.07, 6.45) is 0. The zero-order valence-electron chi connectivity index (χ0n) is 12.0. The van der Waals surface area contributed by atoms with Gasteiger partial charge in [0.15, 0.2) is 5.96 Å².